The third kappa shape index (κ3) is 3.94. The van der Waals surface area contributed by atoms with Gasteiger partial charge in [0.1, 0.15) is 0 Å². The van der Waals surface area contributed by atoms with Crippen molar-refractivity contribution in [3.05, 3.63) is 0 Å². The van der Waals surface area contributed by atoms with Crippen molar-refractivity contribution >= 4 is 45.7 Å². The standard InChI is InChI=1S/C13H24I2N4/c14-18-4-1-12(2-5-18)16-7-9-17(10-8-16)13-3-6-19(15)11-13/h12-13H,1-11H2. The van der Waals surface area contributed by atoms with E-state index < -0.39 is 0 Å². The minimum atomic E-state index is 0.829. The summed E-state index contributed by atoms with van der Waals surface area (Å²) in [6, 6.07) is 1.69. The number of piperazine rings is 1. The van der Waals surface area contributed by atoms with E-state index in [1.807, 2.05) is 0 Å². The van der Waals surface area contributed by atoms with Crippen LogP contribution in [-0.2, 0) is 0 Å². The van der Waals surface area contributed by atoms with Crippen molar-refractivity contribution in [3.63, 3.8) is 0 Å². The summed E-state index contributed by atoms with van der Waals surface area (Å²) in [4.78, 5) is 5.50. The summed E-state index contributed by atoms with van der Waals surface area (Å²) in [7, 11) is 0. The minimum absolute atomic E-state index is 0.829. The molecule has 3 heterocycles. The molecule has 0 aromatic carbocycles. The molecule has 6 heteroatoms. The zero-order valence-corrected chi connectivity index (χ0v) is 15.8. The van der Waals surface area contributed by atoms with Gasteiger partial charge >= 0.3 is 0 Å². The first-order chi connectivity index (χ1) is 9.22. The van der Waals surface area contributed by atoms with E-state index in [0.29, 0.717) is 0 Å². The second-order valence-electron chi connectivity index (χ2n) is 6.02. The Morgan fingerprint density at radius 2 is 1.05 bits per heavy atom. The Morgan fingerprint density at radius 3 is 1.58 bits per heavy atom. The molecule has 1 unspecified atom stereocenters. The van der Waals surface area contributed by atoms with E-state index in [1.165, 1.54) is 71.6 Å². The van der Waals surface area contributed by atoms with Crippen LogP contribution in [0.15, 0.2) is 0 Å². The molecule has 3 aliphatic heterocycles. The van der Waals surface area contributed by atoms with Crippen molar-refractivity contribution in [3.8, 4) is 0 Å². The van der Waals surface area contributed by atoms with Crippen LogP contribution in [-0.4, -0.2) is 80.5 Å². The lowest BCUT2D eigenvalue weighted by Gasteiger charge is -2.43. The summed E-state index contributed by atoms with van der Waals surface area (Å²) in [5.74, 6) is 0. The molecule has 0 bridgehead atoms. The van der Waals surface area contributed by atoms with Gasteiger partial charge in [-0.05, 0) is 19.3 Å². The Morgan fingerprint density at radius 1 is 0.579 bits per heavy atom. The van der Waals surface area contributed by atoms with Crippen molar-refractivity contribution in [1.82, 2.24) is 16.0 Å². The normalized spacial score (nSPS) is 34.1. The molecule has 0 spiro atoms. The highest BCUT2D eigenvalue weighted by molar-refractivity contribution is 14.1. The number of piperidine rings is 1. The lowest BCUT2D eigenvalue weighted by molar-refractivity contribution is 0.0576. The predicted octanol–water partition coefficient (Wildman–Crippen LogP) is 1.84. The van der Waals surface area contributed by atoms with Crippen LogP contribution in [0.5, 0.6) is 0 Å². The van der Waals surface area contributed by atoms with E-state index in [1.54, 1.807) is 0 Å². The summed E-state index contributed by atoms with van der Waals surface area (Å²) < 4.78 is 4.89. The van der Waals surface area contributed by atoms with Gasteiger partial charge in [0, 0.05) is 110 Å². The van der Waals surface area contributed by atoms with Gasteiger partial charge in [0.25, 0.3) is 0 Å². The summed E-state index contributed by atoms with van der Waals surface area (Å²) >= 11 is 4.94. The molecule has 0 saturated carbocycles. The van der Waals surface area contributed by atoms with Crippen LogP contribution < -0.4 is 0 Å². The molecule has 1 atom stereocenters. The number of nitrogens with zero attached hydrogens (tertiary/aromatic N) is 4. The molecule has 0 N–H and O–H groups in total. The molecule has 3 rings (SSSR count). The van der Waals surface area contributed by atoms with Crippen LogP contribution in [0.1, 0.15) is 19.3 Å². The molecular formula is C13H24I2N4. The second-order valence-corrected chi connectivity index (χ2v) is 8.75. The molecule has 0 aromatic rings. The Hall–Kier alpha value is 1.30. The highest BCUT2D eigenvalue weighted by Gasteiger charge is 2.31. The average Bonchev–Trinajstić information content (AvgIpc) is 2.87. The third-order valence-corrected chi connectivity index (χ3v) is 6.75. The highest BCUT2D eigenvalue weighted by atomic mass is 127. The van der Waals surface area contributed by atoms with Crippen molar-refractivity contribution in [2.24, 2.45) is 0 Å². The zero-order valence-electron chi connectivity index (χ0n) is 11.5. The van der Waals surface area contributed by atoms with E-state index in [-0.39, 0.29) is 0 Å². The predicted molar refractivity (Wildman–Crippen MR) is 95.8 cm³/mol. The number of hydrogen-bond acceptors (Lipinski definition) is 4. The van der Waals surface area contributed by atoms with Crippen LogP contribution in [0.2, 0.25) is 0 Å². The molecule has 3 saturated heterocycles. The van der Waals surface area contributed by atoms with E-state index in [4.69, 9.17) is 0 Å². The fourth-order valence-electron chi connectivity index (χ4n) is 3.67. The molecule has 19 heavy (non-hydrogen) atoms. The Bertz CT molecular complexity index is 288. The number of hydrogen-bond donors (Lipinski definition) is 0. The van der Waals surface area contributed by atoms with E-state index in [9.17, 15) is 0 Å². The van der Waals surface area contributed by atoms with E-state index >= 15 is 0 Å². The van der Waals surface area contributed by atoms with Crippen LogP contribution >= 0.6 is 45.7 Å². The Labute approximate surface area is 144 Å². The topological polar surface area (TPSA) is 13.0 Å². The van der Waals surface area contributed by atoms with E-state index in [2.05, 4.69) is 61.8 Å². The van der Waals surface area contributed by atoms with Crippen LogP contribution in [0, 0.1) is 0 Å². The molecule has 4 nitrogen and oxygen atoms in total. The molecular weight excluding hydrogens is 466 g/mol. The van der Waals surface area contributed by atoms with Gasteiger partial charge in [0.15, 0.2) is 0 Å². The minimum Gasteiger partial charge on any atom is -0.298 e. The van der Waals surface area contributed by atoms with Crippen LogP contribution in [0.25, 0.3) is 0 Å². The van der Waals surface area contributed by atoms with Crippen molar-refractivity contribution < 1.29 is 0 Å². The summed E-state index contributed by atoms with van der Waals surface area (Å²) in [6.07, 6.45) is 4.11. The van der Waals surface area contributed by atoms with Gasteiger partial charge in [-0.25, -0.2) is 6.23 Å². The molecule has 3 fully saturated rings. The summed E-state index contributed by atoms with van der Waals surface area (Å²) in [5.41, 5.74) is 0. The van der Waals surface area contributed by atoms with Gasteiger partial charge in [-0.2, -0.15) is 0 Å². The van der Waals surface area contributed by atoms with Crippen molar-refractivity contribution in [1.29, 1.82) is 0 Å². The van der Waals surface area contributed by atoms with Crippen molar-refractivity contribution in [2.45, 2.75) is 31.3 Å². The molecule has 3 aliphatic rings. The lowest BCUT2D eigenvalue weighted by atomic mass is 10.0. The molecule has 0 aliphatic carbocycles. The van der Waals surface area contributed by atoms with Gasteiger partial charge in [-0.15, -0.1) is 0 Å². The number of halogens is 2. The van der Waals surface area contributed by atoms with Crippen molar-refractivity contribution in [2.75, 3.05) is 52.4 Å². The second kappa shape index (κ2) is 7.04. The average molecular weight is 490 g/mol. The monoisotopic (exact) mass is 490 g/mol. The van der Waals surface area contributed by atoms with Crippen LogP contribution in [0.3, 0.4) is 0 Å². The Balaban J connectivity index is 1.44. The molecule has 110 valence electrons. The molecule has 0 aromatic heterocycles. The van der Waals surface area contributed by atoms with Gasteiger partial charge in [-0.1, -0.05) is 0 Å². The molecule has 0 amide bonds. The summed E-state index contributed by atoms with van der Waals surface area (Å²) in [6.45, 7) is 10.3. The quantitative estimate of drug-likeness (QED) is 0.433. The van der Waals surface area contributed by atoms with Crippen LogP contribution in [0.4, 0.5) is 0 Å². The SMILES string of the molecule is IN1CCC(N2CCN(C3CCN(I)C3)CC2)CC1. The maximum atomic E-state index is 2.76. The lowest BCUT2D eigenvalue weighted by Crippen LogP contribution is -2.54. The van der Waals surface area contributed by atoms with Gasteiger partial charge in [0.2, 0.25) is 0 Å². The zero-order chi connectivity index (χ0) is 13.2. The summed E-state index contributed by atoms with van der Waals surface area (Å²) in [5, 5.41) is 0. The Kier molecular flexibility index (Phi) is 5.63. The fourth-order valence-corrected chi connectivity index (χ4v) is 4.96. The van der Waals surface area contributed by atoms with Gasteiger partial charge in [-0.3, -0.25) is 9.80 Å². The maximum Gasteiger partial charge on any atom is 0.0244 e. The molecule has 0 radical (unpaired) electrons. The fraction of sp³-hybridized carbons (Fsp3) is 1.00. The maximum absolute atomic E-state index is 2.76. The van der Waals surface area contributed by atoms with E-state index in [0.717, 1.165) is 12.1 Å². The van der Waals surface area contributed by atoms with Gasteiger partial charge in [0.05, 0.1) is 0 Å². The third-order valence-electron chi connectivity index (χ3n) is 4.91. The van der Waals surface area contributed by atoms with Gasteiger partial charge < -0.3 is 0 Å². The first-order valence-corrected chi connectivity index (χ1v) is 9.45. The largest absolute Gasteiger partial charge is 0.298 e. The number of rotatable bonds is 2. The first kappa shape index (κ1) is 15.2. The first-order valence-electron chi connectivity index (χ1n) is 7.52. The highest BCUT2D eigenvalue weighted by Crippen LogP contribution is 2.23. The smallest absolute Gasteiger partial charge is 0.0244 e.